The molecular formula is C34H39ClF2N8O3. The Balaban J connectivity index is 0.000000510. The van der Waals surface area contributed by atoms with Crippen molar-refractivity contribution in [3.63, 3.8) is 0 Å². The lowest BCUT2D eigenvalue weighted by Crippen LogP contribution is -2.45. The summed E-state index contributed by atoms with van der Waals surface area (Å²) in [6.45, 7) is 4.23. The van der Waals surface area contributed by atoms with Crippen molar-refractivity contribution < 1.29 is 23.1 Å². The van der Waals surface area contributed by atoms with Gasteiger partial charge >= 0.3 is 0 Å². The number of primary amides is 1. The SMILES string of the molecule is CC(C)Cc1nc2c(cnn2C2CCCCC2)c(-c2ccc3c(c2)OCC(=O)N3Cc2ncc(Cl)cn2)c1C(N)=O.NC1CC(F)(F)C1. The first-order chi connectivity index (χ1) is 22.9. The Morgan fingerprint density at radius 2 is 1.83 bits per heavy atom. The van der Waals surface area contributed by atoms with Crippen LogP contribution < -0.4 is 21.1 Å². The fourth-order valence-corrected chi connectivity index (χ4v) is 6.70. The number of benzene rings is 1. The molecule has 0 unspecified atom stereocenters. The Morgan fingerprint density at radius 1 is 1.12 bits per heavy atom. The summed E-state index contributed by atoms with van der Waals surface area (Å²) in [4.78, 5) is 40.9. The highest BCUT2D eigenvalue weighted by Gasteiger charge is 2.43. The first-order valence-corrected chi connectivity index (χ1v) is 16.7. The number of nitrogens with zero attached hydrogens (tertiary/aromatic N) is 6. The molecule has 4 N–H and O–H groups in total. The molecule has 2 saturated carbocycles. The number of alkyl halides is 2. The second-order valence-corrected chi connectivity index (χ2v) is 13.6. The number of nitrogens with two attached hydrogens (primary N) is 2. The summed E-state index contributed by atoms with van der Waals surface area (Å²) >= 11 is 5.93. The summed E-state index contributed by atoms with van der Waals surface area (Å²) in [6.07, 6.45) is 10.8. The molecule has 0 atom stereocenters. The smallest absolute Gasteiger partial charge is 0.265 e. The van der Waals surface area contributed by atoms with Crippen LogP contribution >= 0.6 is 11.6 Å². The zero-order valence-corrected chi connectivity index (χ0v) is 27.7. The minimum Gasteiger partial charge on any atom is -0.482 e. The summed E-state index contributed by atoms with van der Waals surface area (Å²) in [5.41, 5.74) is 15.0. The topological polar surface area (TPSA) is 155 Å². The van der Waals surface area contributed by atoms with E-state index in [1.54, 1.807) is 11.1 Å². The van der Waals surface area contributed by atoms with Crippen LogP contribution in [0.25, 0.3) is 22.2 Å². The van der Waals surface area contributed by atoms with E-state index in [4.69, 9.17) is 37.9 Å². The number of fused-ring (bicyclic) bond motifs is 2. The number of ether oxygens (including phenoxy) is 1. The molecule has 2 amide bonds. The third kappa shape index (κ3) is 7.12. The van der Waals surface area contributed by atoms with E-state index < -0.39 is 11.8 Å². The lowest BCUT2D eigenvalue weighted by Gasteiger charge is -2.31. The van der Waals surface area contributed by atoms with Gasteiger partial charge in [-0.3, -0.25) is 14.5 Å². The molecule has 4 heterocycles. The monoisotopic (exact) mass is 680 g/mol. The van der Waals surface area contributed by atoms with E-state index in [0.29, 0.717) is 45.5 Å². The van der Waals surface area contributed by atoms with E-state index in [2.05, 4.69) is 23.8 Å². The van der Waals surface area contributed by atoms with Gasteiger partial charge in [-0.05, 0) is 42.9 Å². The van der Waals surface area contributed by atoms with Crippen LogP contribution in [0.1, 0.15) is 86.7 Å². The van der Waals surface area contributed by atoms with Crippen LogP contribution in [0.4, 0.5) is 14.5 Å². The van der Waals surface area contributed by atoms with Gasteiger partial charge in [0, 0.05) is 42.2 Å². The summed E-state index contributed by atoms with van der Waals surface area (Å²) in [7, 11) is 0. The number of halogens is 3. The number of hydrogen-bond donors (Lipinski definition) is 2. The first kappa shape index (κ1) is 33.7. The van der Waals surface area contributed by atoms with Gasteiger partial charge in [0.2, 0.25) is 0 Å². The Labute approximate surface area is 282 Å². The van der Waals surface area contributed by atoms with Crippen LogP contribution in [0.5, 0.6) is 5.75 Å². The van der Waals surface area contributed by atoms with Crippen molar-refractivity contribution in [3.8, 4) is 16.9 Å². The van der Waals surface area contributed by atoms with E-state index in [1.165, 1.54) is 18.8 Å². The molecule has 0 bridgehead atoms. The second-order valence-electron chi connectivity index (χ2n) is 13.2. The number of carbonyl (C=O) groups excluding carboxylic acids is 2. The molecule has 3 aliphatic rings. The summed E-state index contributed by atoms with van der Waals surface area (Å²) in [5, 5.41) is 5.98. The maximum atomic E-state index is 13.0. The lowest BCUT2D eigenvalue weighted by atomic mass is 9.89. The molecule has 1 aromatic carbocycles. The number of rotatable bonds is 7. The van der Waals surface area contributed by atoms with E-state index >= 15 is 0 Å². The van der Waals surface area contributed by atoms with Crippen LogP contribution in [0.2, 0.25) is 5.02 Å². The molecule has 254 valence electrons. The Morgan fingerprint density at radius 3 is 2.44 bits per heavy atom. The number of amides is 2. The van der Waals surface area contributed by atoms with Gasteiger partial charge in [-0.25, -0.2) is 28.4 Å². The summed E-state index contributed by atoms with van der Waals surface area (Å²) in [5.74, 6) is -1.94. The van der Waals surface area contributed by atoms with Gasteiger partial charge in [0.1, 0.15) is 11.6 Å². The highest BCUT2D eigenvalue weighted by Crippen LogP contribution is 2.42. The molecular weight excluding hydrogens is 642 g/mol. The van der Waals surface area contributed by atoms with Gasteiger partial charge in [-0.2, -0.15) is 5.10 Å². The van der Waals surface area contributed by atoms with Crippen molar-refractivity contribution in [2.45, 2.75) is 89.8 Å². The fraction of sp³-hybridized carbons (Fsp3) is 0.471. The third-order valence-electron chi connectivity index (χ3n) is 8.87. The van der Waals surface area contributed by atoms with Crippen LogP contribution in [0.3, 0.4) is 0 Å². The van der Waals surface area contributed by atoms with Crippen molar-refractivity contribution in [1.29, 1.82) is 0 Å². The molecule has 14 heteroatoms. The van der Waals surface area contributed by atoms with Crippen molar-refractivity contribution in [3.05, 3.63) is 58.9 Å². The van der Waals surface area contributed by atoms with Crippen LogP contribution in [0, 0.1) is 5.92 Å². The summed E-state index contributed by atoms with van der Waals surface area (Å²) in [6, 6.07) is 5.59. The number of hydrogen-bond acceptors (Lipinski definition) is 8. The Hall–Kier alpha value is -4.23. The predicted octanol–water partition coefficient (Wildman–Crippen LogP) is 6.01. The normalized spacial score (nSPS) is 17.8. The molecule has 7 rings (SSSR count). The minimum atomic E-state index is -2.43. The van der Waals surface area contributed by atoms with E-state index in [-0.39, 0.29) is 49.9 Å². The molecule has 2 fully saturated rings. The van der Waals surface area contributed by atoms with Crippen LogP contribution in [0.15, 0.2) is 36.8 Å². The Bertz CT molecular complexity index is 1820. The fourth-order valence-electron chi connectivity index (χ4n) is 6.60. The molecule has 4 aromatic rings. The van der Waals surface area contributed by atoms with Crippen molar-refractivity contribution in [2.75, 3.05) is 11.5 Å². The molecule has 3 aromatic heterocycles. The zero-order valence-electron chi connectivity index (χ0n) is 27.0. The molecule has 1 aliphatic heterocycles. The number of anilines is 1. The predicted molar refractivity (Wildman–Crippen MR) is 178 cm³/mol. The first-order valence-electron chi connectivity index (χ1n) is 16.3. The van der Waals surface area contributed by atoms with Crippen molar-refractivity contribution >= 4 is 40.1 Å². The van der Waals surface area contributed by atoms with Gasteiger partial charge < -0.3 is 16.2 Å². The Kier molecular flexibility index (Phi) is 9.62. The van der Waals surface area contributed by atoms with Crippen molar-refractivity contribution in [2.24, 2.45) is 17.4 Å². The molecule has 11 nitrogen and oxygen atoms in total. The molecule has 0 radical (unpaired) electrons. The quantitative estimate of drug-likeness (QED) is 0.240. The second kappa shape index (κ2) is 13.7. The molecule has 0 spiro atoms. The van der Waals surface area contributed by atoms with Gasteiger partial charge in [0.15, 0.2) is 12.3 Å². The van der Waals surface area contributed by atoms with E-state index in [1.807, 2.05) is 22.9 Å². The maximum absolute atomic E-state index is 13.0. The highest BCUT2D eigenvalue weighted by atomic mass is 35.5. The lowest BCUT2D eigenvalue weighted by molar-refractivity contribution is -0.121. The van der Waals surface area contributed by atoms with Gasteiger partial charge in [0.25, 0.3) is 17.7 Å². The third-order valence-corrected chi connectivity index (χ3v) is 9.07. The maximum Gasteiger partial charge on any atom is 0.265 e. The zero-order chi connectivity index (χ0) is 34.2. The number of carbonyl (C=O) groups is 2. The van der Waals surface area contributed by atoms with Gasteiger partial charge in [-0.15, -0.1) is 0 Å². The largest absolute Gasteiger partial charge is 0.482 e. The van der Waals surface area contributed by atoms with E-state index in [9.17, 15) is 18.4 Å². The standard InChI is InChI=1S/C30H32ClN7O3.C4H7F2N/c1-17(2)10-22-28(29(32)40)27(21-14-35-38(30(21)36-22)20-6-4-3-5-7-20)18-8-9-23-24(11-18)41-16-26(39)37(23)15-25-33-12-19(31)13-34-25;5-4(6)1-3(7)2-4/h8-9,11-14,17,20H,3-7,10,15-16H2,1-2H3,(H2,32,40);3H,1-2,7H2. The molecule has 48 heavy (non-hydrogen) atoms. The average molecular weight is 681 g/mol. The number of aromatic nitrogens is 5. The molecule has 0 saturated heterocycles. The average Bonchev–Trinajstić information content (AvgIpc) is 3.45. The summed E-state index contributed by atoms with van der Waals surface area (Å²) < 4.78 is 31.3. The molecule has 2 aliphatic carbocycles. The van der Waals surface area contributed by atoms with Crippen LogP contribution in [-0.4, -0.2) is 55.1 Å². The van der Waals surface area contributed by atoms with Crippen molar-refractivity contribution in [1.82, 2.24) is 24.7 Å². The van der Waals surface area contributed by atoms with Crippen LogP contribution in [-0.2, 0) is 17.8 Å². The van der Waals surface area contributed by atoms with Gasteiger partial charge in [-0.1, -0.05) is 50.8 Å². The minimum absolute atomic E-state index is 0.118. The number of pyridine rings is 1. The highest BCUT2D eigenvalue weighted by molar-refractivity contribution is 6.30. The van der Waals surface area contributed by atoms with Gasteiger partial charge in [0.05, 0.1) is 40.8 Å². The van der Waals surface area contributed by atoms with E-state index in [0.717, 1.165) is 42.3 Å².